The summed E-state index contributed by atoms with van der Waals surface area (Å²) in [6.45, 7) is 4.66. The Morgan fingerprint density at radius 2 is 0.949 bits per heavy atom. The van der Waals surface area contributed by atoms with Crippen molar-refractivity contribution in [3.8, 4) is 56.7 Å². The second kappa shape index (κ2) is 12.7. The first-order valence-corrected chi connectivity index (χ1v) is 20.2. The topological polar surface area (TPSA) is 48.5 Å². The summed E-state index contributed by atoms with van der Waals surface area (Å²) >= 11 is 0. The van der Waals surface area contributed by atoms with E-state index in [0.29, 0.717) is 17.5 Å². The molecule has 11 aromatic rings. The van der Waals surface area contributed by atoms with Gasteiger partial charge in [0.15, 0.2) is 17.5 Å². The molecule has 0 saturated heterocycles. The zero-order valence-corrected chi connectivity index (χ0v) is 32.6. The van der Waals surface area contributed by atoms with E-state index in [0.717, 1.165) is 44.7 Å². The highest BCUT2D eigenvalue weighted by Gasteiger charge is 2.39. The fraction of sp³-hybridized carbons (Fsp3) is 0.0556. The molecule has 0 atom stereocenters. The lowest BCUT2D eigenvalue weighted by molar-refractivity contribution is 0.660. The molecule has 5 heteroatoms. The van der Waals surface area contributed by atoms with Crippen molar-refractivity contribution < 1.29 is 0 Å². The van der Waals surface area contributed by atoms with Gasteiger partial charge in [-0.3, -0.25) is 0 Å². The van der Waals surface area contributed by atoms with Gasteiger partial charge in [-0.05, 0) is 58.7 Å². The first-order valence-electron chi connectivity index (χ1n) is 20.2. The van der Waals surface area contributed by atoms with Crippen molar-refractivity contribution in [2.45, 2.75) is 19.3 Å². The number of hydrogen-bond donors (Lipinski definition) is 0. The van der Waals surface area contributed by atoms with Crippen LogP contribution >= 0.6 is 0 Å². The van der Waals surface area contributed by atoms with E-state index < -0.39 is 0 Å². The third-order valence-corrected chi connectivity index (χ3v) is 12.4. The van der Waals surface area contributed by atoms with Crippen LogP contribution in [0.25, 0.3) is 100 Å². The number of nitrogens with zero attached hydrogens (tertiary/aromatic N) is 5. The number of fused-ring (bicyclic) bond motifs is 10. The van der Waals surface area contributed by atoms with Crippen molar-refractivity contribution in [3.05, 3.63) is 199 Å². The maximum Gasteiger partial charge on any atom is 0.166 e. The average Bonchev–Trinajstić information content (AvgIpc) is 3.90. The quantitative estimate of drug-likeness (QED) is 0.176. The van der Waals surface area contributed by atoms with Crippen LogP contribution in [0.3, 0.4) is 0 Å². The van der Waals surface area contributed by atoms with E-state index in [1.54, 1.807) is 0 Å². The van der Waals surface area contributed by atoms with Gasteiger partial charge >= 0.3 is 0 Å². The smallest absolute Gasteiger partial charge is 0.166 e. The second-order valence-corrected chi connectivity index (χ2v) is 16.0. The Morgan fingerprint density at radius 1 is 0.390 bits per heavy atom. The number of hydrogen-bond acceptors (Lipinski definition) is 3. The molecule has 0 bridgehead atoms. The van der Waals surface area contributed by atoms with Crippen LogP contribution in [0.4, 0.5) is 0 Å². The summed E-state index contributed by atoms with van der Waals surface area (Å²) in [6, 6.07) is 67.0. The number of benzene rings is 8. The highest BCUT2D eigenvalue weighted by molar-refractivity contribution is 6.26. The summed E-state index contributed by atoms with van der Waals surface area (Å²) < 4.78 is 4.89. The van der Waals surface area contributed by atoms with Gasteiger partial charge in [0.2, 0.25) is 0 Å². The van der Waals surface area contributed by atoms with Crippen molar-refractivity contribution in [2.24, 2.45) is 0 Å². The third-order valence-electron chi connectivity index (χ3n) is 12.4. The first kappa shape index (κ1) is 33.5. The molecule has 59 heavy (non-hydrogen) atoms. The molecule has 1 aliphatic rings. The molecule has 1 aliphatic carbocycles. The Balaban J connectivity index is 1.25. The molecule has 3 heterocycles. The van der Waals surface area contributed by atoms with E-state index >= 15 is 0 Å². The van der Waals surface area contributed by atoms with Crippen LogP contribution in [0.5, 0.6) is 0 Å². The molecule has 0 spiro atoms. The van der Waals surface area contributed by atoms with Crippen LogP contribution in [0.1, 0.15) is 25.0 Å². The normalized spacial score (nSPS) is 13.1. The summed E-state index contributed by atoms with van der Waals surface area (Å²) in [4.78, 5) is 16.0. The van der Waals surface area contributed by atoms with Gasteiger partial charge in [0.25, 0.3) is 0 Å². The van der Waals surface area contributed by atoms with Gasteiger partial charge in [-0.2, -0.15) is 0 Å². The standard InChI is InChI=1S/C54H37N5/c1-54(2)41-27-15-12-25-39(41)47-42(54)31-33-46(49(47)53-56-51(34-18-6-3-7-19-34)55-52(57-53)35-20-8-4-9-21-35)59-44-29-17-14-26-40(44)48-45(59)32-30-38-37-24-13-16-28-43(37)58(50(38)48)36-22-10-5-11-23-36/h3-33H,1-2H3. The number of rotatable bonds is 5. The van der Waals surface area contributed by atoms with Gasteiger partial charge in [-0.15, -0.1) is 0 Å². The second-order valence-electron chi connectivity index (χ2n) is 16.0. The average molecular weight is 756 g/mol. The molecule has 3 aromatic heterocycles. The summed E-state index contributed by atoms with van der Waals surface area (Å²) in [7, 11) is 0. The van der Waals surface area contributed by atoms with Crippen LogP contribution in [-0.4, -0.2) is 24.1 Å². The predicted octanol–water partition coefficient (Wildman–Crippen LogP) is 13.4. The van der Waals surface area contributed by atoms with Gasteiger partial charge in [0.05, 0.1) is 33.3 Å². The minimum Gasteiger partial charge on any atom is -0.309 e. The van der Waals surface area contributed by atoms with Crippen molar-refractivity contribution >= 4 is 43.6 Å². The molecule has 0 amide bonds. The lowest BCUT2D eigenvalue weighted by Crippen LogP contribution is -2.15. The van der Waals surface area contributed by atoms with Gasteiger partial charge < -0.3 is 9.13 Å². The van der Waals surface area contributed by atoms with Gasteiger partial charge in [0.1, 0.15) is 0 Å². The minimum atomic E-state index is -0.236. The zero-order valence-electron chi connectivity index (χ0n) is 32.6. The van der Waals surface area contributed by atoms with Crippen LogP contribution in [0, 0.1) is 0 Å². The number of para-hydroxylation sites is 3. The van der Waals surface area contributed by atoms with Crippen molar-refractivity contribution in [1.29, 1.82) is 0 Å². The number of aromatic nitrogens is 5. The van der Waals surface area contributed by atoms with Crippen molar-refractivity contribution in [3.63, 3.8) is 0 Å². The van der Waals surface area contributed by atoms with Crippen molar-refractivity contribution in [1.82, 2.24) is 24.1 Å². The lowest BCUT2D eigenvalue weighted by Gasteiger charge is -2.23. The van der Waals surface area contributed by atoms with Gasteiger partial charge in [-0.25, -0.2) is 15.0 Å². The van der Waals surface area contributed by atoms with Crippen molar-refractivity contribution in [2.75, 3.05) is 0 Å². The van der Waals surface area contributed by atoms with Crippen LogP contribution in [0.2, 0.25) is 0 Å². The SMILES string of the molecule is CC1(C)c2ccccc2-c2c1ccc(-n1c3ccccc3c3c1ccc1c4ccccc4n(-c4ccccc4)c13)c2-c1nc(-c2ccccc2)nc(-c2ccccc2)n1. The maximum absolute atomic E-state index is 5.42. The summed E-state index contributed by atoms with van der Waals surface area (Å²) in [5.41, 5.74) is 14.3. The summed E-state index contributed by atoms with van der Waals surface area (Å²) in [5, 5.41) is 4.85. The molecule has 0 aliphatic heterocycles. The molecule has 0 fully saturated rings. The Morgan fingerprint density at radius 3 is 1.64 bits per heavy atom. The molecule has 278 valence electrons. The molecular formula is C54H37N5. The maximum atomic E-state index is 5.42. The molecule has 12 rings (SSSR count). The van der Waals surface area contributed by atoms with E-state index in [4.69, 9.17) is 15.0 Å². The Kier molecular flexibility index (Phi) is 7.20. The molecular weight excluding hydrogens is 719 g/mol. The monoisotopic (exact) mass is 755 g/mol. The van der Waals surface area contributed by atoms with E-state index in [1.165, 1.54) is 49.3 Å². The third kappa shape index (κ3) is 4.88. The highest BCUT2D eigenvalue weighted by Crippen LogP contribution is 2.54. The highest BCUT2D eigenvalue weighted by atomic mass is 15.1. The zero-order chi connectivity index (χ0) is 39.2. The lowest BCUT2D eigenvalue weighted by atomic mass is 9.82. The van der Waals surface area contributed by atoms with Gasteiger partial charge in [-0.1, -0.05) is 166 Å². The molecule has 0 radical (unpaired) electrons. The molecule has 0 unspecified atom stereocenters. The Bertz CT molecular complexity index is 3390. The Labute approximate surface area is 341 Å². The van der Waals surface area contributed by atoms with E-state index in [9.17, 15) is 0 Å². The molecule has 8 aromatic carbocycles. The van der Waals surface area contributed by atoms with Crippen LogP contribution < -0.4 is 0 Å². The molecule has 0 N–H and O–H groups in total. The van der Waals surface area contributed by atoms with Crippen LogP contribution in [0.15, 0.2) is 188 Å². The molecule has 0 saturated carbocycles. The minimum absolute atomic E-state index is 0.236. The first-order chi connectivity index (χ1) is 29.1. The molecule has 5 nitrogen and oxygen atoms in total. The summed E-state index contributed by atoms with van der Waals surface area (Å²) in [5.74, 6) is 1.92. The fourth-order valence-electron chi connectivity index (χ4n) is 9.73. The fourth-order valence-corrected chi connectivity index (χ4v) is 9.73. The predicted molar refractivity (Wildman–Crippen MR) is 242 cm³/mol. The Hall–Kier alpha value is -7.63. The summed E-state index contributed by atoms with van der Waals surface area (Å²) in [6.07, 6.45) is 0. The van der Waals surface area contributed by atoms with E-state index in [1.807, 2.05) is 36.4 Å². The van der Waals surface area contributed by atoms with E-state index in [2.05, 4.69) is 175 Å². The van der Waals surface area contributed by atoms with Gasteiger partial charge in [0, 0.05) is 43.8 Å². The van der Waals surface area contributed by atoms with Crippen LogP contribution in [-0.2, 0) is 5.41 Å². The largest absolute Gasteiger partial charge is 0.309 e. The van der Waals surface area contributed by atoms with E-state index in [-0.39, 0.29) is 5.41 Å².